The first-order chi connectivity index (χ1) is 8.74. The predicted octanol–water partition coefficient (Wildman–Crippen LogP) is 2.09. The van der Waals surface area contributed by atoms with Crippen molar-refractivity contribution in [3.05, 3.63) is 54.5 Å². The molecule has 0 unspecified atom stereocenters. The van der Waals surface area contributed by atoms with Crippen molar-refractivity contribution in [1.82, 2.24) is 14.4 Å². The molecule has 5 heteroatoms. The number of nitrogens with zero attached hydrogens (tertiary/aromatic N) is 3. The first-order valence-corrected chi connectivity index (χ1v) is 5.37. The van der Waals surface area contributed by atoms with Crippen LogP contribution in [0.15, 0.2) is 48.9 Å². The van der Waals surface area contributed by atoms with Gasteiger partial charge in [0, 0.05) is 18.6 Å². The molecular formula is C13H9N3O2. The van der Waals surface area contributed by atoms with E-state index in [2.05, 4.69) is 9.97 Å². The van der Waals surface area contributed by atoms with Gasteiger partial charge in [0.05, 0.1) is 11.3 Å². The Morgan fingerprint density at radius 3 is 2.83 bits per heavy atom. The van der Waals surface area contributed by atoms with E-state index >= 15 is 0 Å². The molecule has 0 spiro atoms. The molecule has 18 heavy (non-hydrogen) atoms. The molecule has 1 N–H and O–H groups in total. The summed E-state index contributed by atoms with van der Waals surface area (Å²) in [6.45, 7) is 0. The van der Waals surface area contributed by atoms with E-state index in [0.717, 1.165) is 11.4 Å². The van der Waals surface area contributed by atoms with Crippen LogP contribution in [0, 0.1) is 0 Å². The van der Waals surface area contributed by atoms with Crippen LogP contribution in [0.3, 0.4) is 0 Å². The van der Waals surface area contributed by atoms with Crippen molar-refractivity contribution in [2.45, 2.75) is 0 Å². The molecule has 3 rings (SSSR count). The second-order valence-electron chi connectivity index (χ2n) is 3.83. The molecule has 0 amide bonds. The monoisotopic (exact) mass is 239 g/mol. The summed E-state index contributed by atoms with van der Waals surface area (Å²) in [5.74, 6) is -0.958. The van der Waals surface area contributed by atoms with Gasteiger partial charge in [-0.15, -0.1) is 0 Å². The zero-order chi connectivity index (χ0) is 12.5. The zero-order valence-electron chi connectivity index (χ0n) is 9.32. The van der Waals surface area contributed by atoms with Gasteiger partial charge in [-0.2, -0.15) is 0 Å². The maximum Gasteiger partial charge on any atom is 0.335 e. The minimum absolute atomic E-state index is 0.223. The van der Waals surface area contributed by atoms with Crippen molar-refractivity contribution in [2.24, 2.45) is 0 Å². The van der Waals surface area contributed by atoms with Crippen molar-refractivity contribution < 1.29 is 9.90 Å². The topological polar surface area (TPSA) is 67.5 Å². The summed E-state index contributed by atoms with van der Waals surface area (Å²) in [7, 11) is 0. The van der Waals surface area contributed by atoms with Crippen molar-refractivity contribution in [2.75, 3.05) is 0 Å². The molecular weight excluding hydrogens is 230 g/mol. The fourth-order valence-corrected chi connectivity index (χ4v) is 1.75. The minimum Gasteiger partial charge on any atom is -0.478 e. The number of hydrogen-bond donors (Lipinski definition) is 1. The highest BCUT2D eigenvalue weighted by Gasteiger charge is 2.08. The number of pyridine rings is 2. The van der Waals surface area contributed by atoms with Crippen LogP contribution in [0.4, 0.5) is 0 Å². The Bertz CT molecular complexity index is 719. The molecule has 0 aliphatic carbocycles. The van der Waals surface area contributed by atoms with Crippen LogP contribution in [0.2, 0.25) is 0 Å². The summed E-state index contributed by atoms with van der Waals surface area (Å²) < 4.78 is 1.77. The standard InChI is InChI=1S/C13H9N3O2/c17-13(18)9-4-6-16-8-11(15-12(16)7-9)10-3-1-2-5-14-10/h1-8H,(H,17,18). The van der Waals surface area contributed by atoms with Crippen LogP contribution in [-0.2, 0) is 0 Å². The molecule has 0 bridgehead atoms. The van der Waals surface area contributed by atoms with E-state index in [4.69, 9.17) is 5.11 Å². The lowest BCUT2D eigenvalue weighted by Crippen LogP contribution is -1.96. The molecule has 3 aromatic heterocycles. The number of aromatic nitrogens is 3. The first kappa shape index (κ1) is 10.5. The minimum atomic E-state index is -0.958. The van der Waals surface area contributed by atoms with Crippen LogP contribution in [-0.4, -0.2) is 25.4 Å². The van der Waals surface area contributed by atoms with Crippen molar-refractivity contribution in [3.63, 3.8) is 0 Å². The Morgan fingerprint density at radius 2 is 2.11 bits per heavy atom. The number of aromatic carboxylic acids is 1. The molecule has 0 saturated carbocycles. The van der Waals surface area contributed by atoms with Gasteiger partial charge in [0.15, 0.2) is 0 Å². The van der Waals surface area contributed by atoms with Gasteiger partial charge in [0.25, 0.3) is 0 Å². The van der Waals surface area contributed by atoms with Gasteiger partial charge in [0.1, 0.15) is 11.3 Å². The highest BCUT2D eigenvalue weighted by atomic mass is 16.4. The van der Waals surface area contributed by atoms with E-state index in [0.29, 0.717) is 5.65 Å². The average molecular weight is 239 g/mol. The lowest BCUT2D eigenvalue weighted by molar-refractivity contribution is 0.0697. The molecule has 0 atom stereocenters. The van der Waals surface area contributed by atoms with Crippen molar-refractivity contribution >= 4 is 11.6 Å². The van der Waals surface area contributed by atoms with Crippen LogP contribution < -0.4 is 0 Å². The third-order valence-corrected chi connectivity index (χ3v) is 2.63. The van der Waals surface area contributed by atoms with Crippen molar-refractivity contribution in [1.29, 1.82) is 0 Å². The van der Waals surface area contributed by atoms with Crippen molar-refractivity contribution in [3.8, 4) is 11.4 Å². The third-order valence-electron chi connectivity index (χ3n) is 2.63. The Labute approximate surface area is 102 Å². The van der Waals surface area contributed by atoms with Gasteiger partial charge in [-0.1, -0.05) is 6.07 Å². The second-order valence-corrected chi connectivity index (χ2v) is 3.83. The lowest BCUT2D eigenvalue weighted by Gasteiger charge is -1.94. The number of carbonyl (C=O) groups is 1. The number of carboxylic acids is 1. The van der Waals surface area contributed by atoms with E-state index in [-0.39, 0.29) is 5.56 Å². The number of imidazole rings is 1. The average Bonchev–Trinajstić information content (AvgIpc) is 2.82. The molecule has 3 aromatic rings. The number of fused-ring (bicyclic) bond motifs is 1. The Hall–Kier alpha value is -2.69. The van der Waals surface area contributed by atoms with Gasteiger partial charge >= 0.3 is 5.97 Å². The van der Waals surface area contributed by atoms with E-state index in [1.807, 2.05) is 24.4 Å². The van der Waals surface area contributed by atoms with E-state index in [1.54, 1.807) is 22.9 Å². The van der Waals surface area contributed by atoms with E-state index < -0.39 is 5.97 Å². The van der Waals surface area contributed by atoms with Gasteiger partial charge < -0.3 is 9.51 Å². The fourth-order valence-electron chi connectivity index (χ4n) is 1.75. The van der Waals surface area contributed by atoms with Crippen LogP contribution in [0.5, 0.6) is 0 Å². The van der Waals surface area contributed by atoms with E-state index in [1.165, 1.54) is 6.07 Å². The summed E-state index contributed by atoms with van der Waals surface area (Å²) in [6, 6.07) is 8.66. The van der Waals surface area contributed by atoms with E-state index in [9.17, 15) is 4.79 Å². The summed E-state index contributed by atoms with van der Waals surface area (Å²) in [6.07, 6.45) is 5.20. The Morgan fingerprint density at radius 1 is 1.22 bits per heavy atom. The molecule has 0 aliphatic heterocycles. The lowest BCUT2D eigenvalue weighted by atomic mass is 10.3. The molecule has 0 aromatic carbocycles. The third kappa shape index (κ3) is 1.71. The van der Waals surface area contributed by atoms with Gasteiger partial charge in [-0.3, -0.25) is 4.98 Å². The highest BCUT2D eigenvalue weighted by Crippen LogP contribution is 2.17. The molecule has 0 saturated heterocycles. The Kier molecular flexibility index (Phi) is 2.30. The summed E-state index contributed by atoms with van der Waals surface area (Å²) in [4.78, 5) is 19.4. The number of rotatable bonds is 2. The first-order valence-electron chi connectivity index (χ1n) is 5.37. The number of hydrogen-bond acceptors (Lipinski definition) is 3. The molecule has 0 fully saturated rings. The molecule has 3 heterocycles. The normalized spacial score (nSPS) is 10.7. The smallest absolute Gasteiger partial charge is 0.335 e. The molecule has 5 nitrogen and oxygen atoms in total. The molecule has 0 radical (unpaired) electrons. The summed E-state index contributed by atoms with van der Waals surface area (Å²) in [5.41, 5.74) is 2.30. The van der Waals surface area contributed by atoms with Crippen LogP contribution in [0.1, 0.15) is 10.4 Å². The van der Waals surface area contributed by atoms with Crippen LogP contribution in [0.25, 0.3) is 17.0 Å². The maximum atomic E-state index is 10.9. The Balaban J connectivity index is 2.14. The van der Waals surface area contributed by atoms with Gasteiger partial charge in [-0.05, 0) is 24.3 Å². The summed E-state index contributed by atoms with van der Waals surface area (Å²) >= 11 is 0. The highest BCUT2D eigenvalue weighted by molar-refractivity contribution is 5.88. The van der Waals surface area contributed by atoms with Gasteiger partial charge in [0.2, 0.25) is 0 Å². The number of carboxylic acid groups (broad SMARTS) is 1. The second kappa shape index (κ2) is 3.96. The molecule has 0 aliphatic rings. The predicted molar refractivity (Wildman–Crippen MR) is 65.4 cm³/mol. The zero-order valence-corrected chi connectivity index (χ0v) is 9.32. The van der Waals surface area contributed by atoms with Crippen LogP contribution >= 0.6 is 0 Å². The summed E-state index contributed by atoms with van der Waals surface area (Å²) in [5, 5.41) is 8.92. The molecule has 88 valence electrons. The SMILES string of the molecule is O=C(O)c1ccn2cc(-c3ccccn3)nc2c1. The largest absolute Gasteiger partial charge is 0.478 e. The fraction of sp³-hybridized carbons (Fsp3) is 0. The van der Waals surface area contributed by atoms with Gasteiger partial charge in [-0.25, -0.2) is 9.78 Å². The maximum absolute atomic E-state index is 10.9. The quantitative estimate of drug-likeness (QED) is 0.743.